The fraction of sp³-hybridized carbons (Fsp3) is 0.281. The zero-order valence-electron chi connectivity index (χ0n) is 20.3. The van der Waals surface area contributed by atoms with Gasteiger partial charge in [0.25, 0.3) is 0 Å². The summed E-state index contributed by atoms with van der Waals surface area (Å²) in [5.41, 5.74) is 10.7. The number of aliphatic imine (C=N–C) groups is 1. The van der Waals surface area contributed by atoms with E-state index in [-0.39, 0.29) is 12.0 Å². The van der Waals surface area contributed by atoms with Crippen LogP contribution in [0.1, 0.15) is 61.0 Å². The van der Waals surface area contributed by atoms with Crippen molar-refractivity contribution in [3.8, 4) is 12.1 Å². The Kier molecular flexibility index (Phi) is 5.88. The molecule has 176 valence electrons. The van der Waals surface area contributed by atoms with Gasteiger partial charge in [0, 0.05) is 34.3 Å². The Morgan fingerprint density at radius 1 is 0.917 bits per heavy atom. The molecule has 4 nitrogen and oxygen atoms in total. The molecule has 1 aromatic rings. The Labute approximate surface area is 212 Å². The average Bonchev–Trinajstić information content (AvgIpc) is 3.06. The van der Waals surface area contributed by atoms with Crippen LogP contribution in [0.5, 0.6) is 0 Å². The normalized spacial score (nSPS) is 24.2. The summed E-state index contributed by atoms with van der Waals surface area (Å²) in [5, 5.41) is 19.3. The van der Waals surface area contributed by atoms with E-state index in [2.05, 4.69) is 71.4 Å². The van der Waals surface area contributed by atoms with Gasteiger partial charge in [-0.2, -0.15) is 10.5 Å². The van der Waals surface area contributed by atoms with E-state index in [0.717, 1.165) is 50.5 Å². The van der Waals surface area contributed by atoms with Crippen molar-refractivity contribution < 1.29 is 0 Å². The lowest BCUT2D eigenvalue weighted by molar-refractivity contribution is 0.666. The Morgan fingerprint density at radius 2 is 1.81 bits per heavy atom. The van der Waals surface area contributed by atoms with E-state index >= 15 is 0 Å². The maximum absolute atomic E-state index is 9.75. The van der Waals surface area contributed by atoms with E-state index in [1.807, 2.05) is 18.4 Å². The van der Waals surface area contributed by atoms with Crippen LogP contribution in [-0.4, -0.2) is 16.8 Å². The van der Waals surface area contributed by atoms with Gasteiger partial charge >= 0.3 is 0 Å². The second kappa shape index (κ2) is 9.48. The lowest BCUT2D eigenvalue weighted by atomic mass is 9.80. The van der Waals surface area contributed by atoms with E-state index in [1.54, 1.807) is 0 Å². The standard InChI is InChI=1S/C32H28N4/c33-20-22-15-16-31-29(18-22)27-12-2-1-3-14-30(27)36(31)25-10-6-8-23(19-25)26-11-4-5-13-28(26)32-24(21-34)9-7-17-35-32/h2-3,7-9,11-14,17-19,24,32H,1,4-6,10,15-16H2. The van der Waals surface area contributed by atoms with Crippen LogP contribution in [0.2, 0.25) is 0 Å². The van der Waals surface area contributed by atoms with Crippen LogP contribution >= 0.6 is 0 Å². The van der Waals surface area contributed by atoms with Crippen LogP contribution in [0.3, 0.4) is 0 Å². The van der Waals surface area contributed by atoms with Crippen LogP contribution in [-0.2, 0) is 6.42 Å². The summed E-state index contributed by atoms with van der Waals surface area (Å²) in [4.78, 5) is 4.71. The molecule has 0 aromatic carbocycles. The molecule has 0 amide bonds. The molecule has 0 saturated heterocycles. The molecule has 5 aliphatic rings. The third-order valence-corrected chi connectivity index (χ3v) is 7.65. The largest absolute Gasteiger partial charge is 0.317 e. The van der Waals surface area contributed by atoms with Gasteiger partial charge < -0.3 is 4.57 Å². The minimum Gasteiger partial charge on any atom is -0.317 e. The molecule has 2 heterocycles. The van der Waals surface area contributed by atoms with Gasteiger partial charge in [-0.05, 0) is 86.0 Å². The molecule has 0 spiro atoms. The maximum atomic E-state index is 9.75. The van der Waals surface area contributed by atoms with E-state index in [1.165, 1.54) is 44.9 Å². The summed E-state index contributed by atoms with van der Waals surface area (Å²) in [6, 6.07) is 4.67. The van der Waals surface area contributed by atoms with Gasteiger partial charge in [-0.3, -0.25) is 4.99 Å². The Hall–Kier alpha value is -4.15. The van der Waals surface area contributed by atoms with Gasteiger partial charge in [-0.25, -0.2) is 0 Å². The molecule has 2 atom stereocenters. The molecule has 0 bridgehead atoms. The highest BCUT2D eigenvalue weighted by atomic mass is 15.0. The quantitative estimate of drug-likeness (QED) is 0.474. The topological polar surface area (TPSA) is 64.9 Å². The Bertz CT molecular complexity index is 1480. The van der Waals surface area contributed by atoms with Crippen molar-refractivity contribution in [3.63, 3.8) is 0 Å². The van der Waals surface area contributed by atoms with Crippen molar-refractivity contribution in [3.05, 3.63) is 93.4 Å². The summed E-state index contributed by atoms with van der Waals surface area (Å²) >= 11 is 0. The van der Waals surface area contributed by atoms with Crippen LogP contribution in [0.25, 0.3) is 23.9 Å². The fourth-order valence-corrected chi connectivity index (χ4v) is 5.99. The third-order valence-electron chi connectivity index (χ3n) is 7.65. The number of hydrogen-bond donors (Lipinski definition) is 0. The molecule has 1 aromatic heterocycles. The van der Waals surface area contributed by atoms with Crippen molar-refractivity contribution in [2.24, 2.45) is 10.9 Å². The molecule has 36 heavy (non-hydrogen) atoms. The summed E-state index contributed by atoms with van der Waals surface area (Å²) in [6.07, 6.45) is 32.5. The second-order valence-corrected chi connectivity index (χ2v) is 9.79. The number of dihydropyridines is 1. The summed E-state index contributed by atoms with van der Waals surface area (Å²) in [7, 11) is 0. The van der Waals surface area contributed by atoms with Gasteiger partial charge in [0.05, 0.1) is 29.8 Å². The zero-order valence-corrected chi connectivity index (χ0v) is 20.3. The van der Waals surface area contributed by atoms with E-state index in [4.69, 9.17) is 4.99 Å². The highest BCUT2D eigenvalue weighted by molar-refractivity contribution is 5.82. The fourth-order valence-electron chi connectivity index (χ4n) is 5.99. The first-order valence-electron chi connectivity index (χ1n) is 12.9. The first kappa shape index (κ1) is 22.3. The first-order chi connectivity index (χ1) is 17.8. The van der Waals surface area contributed by atoms with E-state index in [0.29, 0.717) is 0 Å². The number of nitriles is 2. The van der Waals surface area contributed by atoms with Crippen molar-refractivity contribution in [2.45, 2.75) is 51.0 Å². The van der Waals surface area contributed by atoms with Crippen LogP contribution in [0.4, 0.5) is 0 Å². The Morgan fingerprint density at radius 3 is 2.69 bits per heavy atom. The molecule has 0 N–H and O–H groups in total. The third kappa shape index (κ3) is 3.80. The molecule has 0 saturated carbocycles. The molecular weight excluding hydrogens is 440 g/mol. The minimum atomic E-state index is -0.235. The van der Waals surface area contributed by atoms with Gasteiger partial charge in [0.15, 0.2) is 0 Å². The zero-order chi connectivity index (χ0) is 24.5. The van der Waals surface area contributed by atoms with Gasteiger partial charge in [-0.1, -0.05) is 42.5 Å². The summed E-state index contributed by atoms with van der Waals surface area (Å²) < 4.78 is 2.46. The lowest BCUT2D eigenvalue weighted by Crippen LogP contribution is -2.23. The molecular formula is C32H28N4. The number of aromatic nitrogens is 1. The Balaban J connectivity index is 1.43. The predicted molar refractivity (Wildman–Crippen MR) is 147 cm³/mol. The summed E-state index contributed by atoms with van der Waals surface area (Å²) in [6.45, 7) is 0. The first-order valence-corrected chi connectivity index (χ1v) is 12.9. The highest BCUT2D eigenvalue weighted by Crippen LogP contribution is 2.41. The monoisotopic (exact) mass is 468 g/mol. The lowest BCUT2D eigenvalue weighted by Gasteiger charge is -2.28. The van der Waals surface area contributed by atoms with Crippen molar-refractivity contribution in [2.75, 3.05) is 0 Å². The maximum Gasteiger partial charge on any atom is 0.0947 e. The smallest absolute Gasteiger partial charge is 0.0947 e. The minimum absolute atomic E-state index is 0.149. The SMILES string of the molecule is N#CC1=Cc2c3c(n(C4=CC(C5=CCCC=C5C5N=CC=CC5C#N)=CCC4)c2CC1)C=CCC=C3. The predicted octanol–water partition coefficient (Wildman–Crippen LogP) is 7.13. The van der Waals surface area contributed by atoms with Gasteiger partial charge in [-0.15, -0.1) is 0 Å². The molecule has 0 fully saturated rings. The number of nitrogens with zero attached hydrogens (tertiary/aromatic N) is 4. The van der Waals surface area contributed by atoms with Crippen molar-refractivity contribution in [1.82, 2.24) is 4.57 Å². The van der Waals surface area contributed by atoms with Gasteiger partial charge in [0.2, 0.25) is 0 Å². The summed E-state index contributed by atoms with van der Waals surface area (Å²) in [5.74, 6) is -0.235. The van der Waals surface area contributed by atoms with E-state index in [9.17, 15) is 10.5 Å². The van der Waals surface area contributed by atoms with Crippen LogP contribution in [0.15, 0.2) is 75.9 Å². The molecule has 6 rings (SSSR count). The second-order valence-electron chi connectivity index (χ2n) is 9.79. The van der Waals surface area contributed by atoms with Crippen molar-refractivity contribution >= 4 is 30.1 Å². The van der Waals surface area contributed by atoms with Crippen LogP contribution < -0.4 is 0 Å². The number of allylic oxidation sites excluding steroid dienone is 10. The highest BCUT2D eigenvalue weighted by Gasteiger charge is 2.30. The molecule has 1 aliphatic heterocycles. The number of hydrogen-bond acceptors (Lipinski definition) is 3. The van der Waals surface area contributed by atoms with E-state index < -0.39 is 0 Å². The number of fused-ring (bicyclic) bond motifs is 3. The number of rotatable bonds is 3. The van der Waals surface area contributed by atoms with Crippen molar-refractivity contribution in [1.29, 1.82) is 10.5 Å². The molecule has 4 heteroatoms. The van der Waals surface area contributed by atoms with Gasteiger partial charge in [0.1, 0.15) is 0 Å². The average molecular weight is 469 g/mol. The molecule has 4 aliphatic carbocycles. The molecule has 2 unspecified atom stereocenters. The molecule has 0 radical (unpaired) electrons. The van der Waals surface area contributed by atoms with Crippen LogP contribution in [0, 0.1) is 28.6 Å².